The fourth-order valence-corrected chi connectivity index (χ4v) is 3.16. The first kappa shape index (κ1) is 17.1. The summed E-state index contributed by atoms with van der Waals surface area (Å²) in [4.78, 5) is 26.7. The van der Waals surface area contributed by atoms with Gasteiger partial charge in [0.2, 0.25) is 0 Å². The maximum atomic E-state index is 13.1. The number of carbonyl (C=O) groups excluding carboxylic acids is 1. The largest absolute Gasteiger partial charge is 0.486 e. The second-order valence-corrected chi connectivity index (χ2v) is 6.24. The summed E-state index contributed by atoms with van der Waals surface area (Å²) >= 11 is 0. The van der Waals surface area contributed by atoms with Crippen molar-refractivity contribution in [1.82, 2.24) is 15.1 Å². The molecule has 138 valence electrons. The van der Waals surface area contributed by atoms with Crippen molar-refractivity contribution in [3.63, 3.8) is 0 Å². The molecule has 0 atom stereocenters. The summed E-state index contributed by atoms with van der Waals surface area (Å²) in [5.41, 5.74) is 0.866. The topological polar surface area (TPSA) is 84.5 Å². The number of ether oxygens (including phenoxy) is 2. The number of nitrogens with zero attached hydrogens (tertiary/aromatic N) is 2. The molecule has 1 aliphatic heterocycles. The van der Waals surface area contributed by atoms with Gasteiger partial charge in [-0.3, -0.25) is 9.59 Å². The summed E-state index contributed by atoms with van der Waals surface area (Å²) < 4.78 is 11.2. The van der Waals surface area contributed by atoms with Crippen LogP contribution in [0.5, 0.6) is 11.5 Å². The third kappa shape index (κ3) is 3.23. The molecule has 1 aromatic heterocycles. The molecule has 0 fully saturated rings. The van der Waals surface area contributed by atoms with Crippen LogP contribution in [-0.4, -0.2) is 40.8 Å². The van der Waals surface area contributed by atoms with Gasteiger partial charge in [0.15, 0.2) is 17.2 Å². The Morgan fingerprint density at radius 1 is 1.11 bits per heavy atom. The van der Waals surface area contributed by atoms with Crippen LogP contribution in [0.15, 0.2) is 47.3 Å². The van der Waals surface area contributed by atoms with Gasteiger partial charge in [-0.1, -0.05) is 24.3 Å². The quantitative estimate of drug-likeness (QED) is 0.767. The normalized spacial score (nSPS) is 12.8. The number of hydrogen-bond donors (Lipinski definition) is 1. The zero-order chi connectivity index (χ0) is 18.8. The Kier molecular flexibility index (Phi) is 4.50. The molecule has 0 aliphatic carbocycles. The van der Waals surface area contributed by atoms with Crippen LogP contribution < -0.4 is 15.0 Å². The first-order chi connectivity index (χ1) is 13.2. The standard InChI is InChI=1S/C20H19N3O4/c1-2-23(12-13-7-8-16-17(11-13)27-10-9-26-16)20(25)18-14-5-3-4-6-15(14)19(24)22-21-18/h3-8,11H,2,9-10,12H2,1H3,(H,22,24). The third-order valence-electron chi connectivity index (χ3n) is 4.55. The molecule has 1 aliphatic rings. The molecule has 2 aromatic carbocycles. The molecule has 7 heteroatoms. The van der Waals surface area contributed by atoms with Crippen molar-refractivity contribution in [1.29, 1.82) is 0 Å². The van der Waals surface area contributed by atoms with E-state index in [1.54, 1.807) is 29.2 Å². The molecule has 7 nitrogen and oxygen atoms in total. The Labute approximate surface area is 155 Å². The second kappa shape index (κ2) is 7.11. The average Bonchev–Trinajstić information content (AvgIpc) is 2.72. The van der Waals surface area contributed by atoms with Crippen LogP contribution in [0, 0.1) is 0 Å². The van der Waals surface area contributed by atoms with E-state index in [1.807, 2.05) is 25.1 Å². The summed E-state index contributed by atoms with van der Waals surface area (Å²) in [6, 6.07) is 12.6. The lowest BCUT2D eigenvalue weighted by Gasteiger charge is -2.23. The molecule has 3 aromatic rings. The van der Waals surface area contributed by atoms with E-state index in [-0.39, 0.29) is 17.2 Å². The van der Waals surface area contributed by atoms with Gasteiger partial charge in [-0.15, -0.1) is 0 Å². The molecule has 4 rings (SSSR count). The van der Waals surface area contributed by atoms with Crippen molar-refractivity contribution in [3.05, 3.63) is 64.1 Å². The van der Waals surface area contributed by atoms with Gasteiger partial charge < -0.3 is 14.4 Å². The van der Waals surface area contributed by atoms with Crippen LogP contribution in [0.25, 0.3) is 10.8 Å². The van der Waals surface area contributed by atoms with Gasteiger partial charge in [0.1, 0.15) is 13.2 Å². The van der Waals surface area contributed by atoms with Crippen molar-refractivity contribution < 1.29 is 14.3 Å². The highest BCUT2D eigenvalue weighted by molar-refractivity contribution is 6.04. The smallest absolute Gasteiger partial charge is 0.275 e. The Morgan fingerprint density at radius 2 is 1.85 bits per heavy atom. The lowest BCUT2D eigenvalue weighted by Crippen LogP contribution is -2.32. The van der Waals surface area contributed by atoms with Crippen LogP contribution in [0.3, 0.4) is 0 Å². The van der Waals surface area contributed by atoms with E-state index in [9.17, 15) is 9.59 Å². The van der Waals surface area contributed by atoms with E-state index in [2.05, 4.69) is 10.2 Å². The Morgan fingerprint density at radius 3 is 2.63 bits per heavy atom. The van der Waals surface area contributed by atoms with E-state index in [0.717, 1.165) is 5.56 Å². The number of H-pyrrole nitrogens is 1. The third-order valence-corrected chi connectivity index (χ3v) is 4.55. The van der Waals surface area contributed by atoms with Crippen LogP contribution in [0.2, 0.25) is 0 Å². The minimum Gasteiger partial charge on any atom is -0.486 e. The molecule has 0 radical (unpaired) electrons. The van der Waals surface area contributed by atoms with Crippen LogP contribution in [0.4, 0.5) is 0 Å². The molecule has 1 amide bonds. The highest BCUT2D eigenvalue weighted by atomic mass is 16.6. The van der Waals surface area contributed by atoms with Crippen molar-refractivity contribution in [2.75, 3.05) is 19.8 Å². The molecule has 27 heavy (non-hydrogen) atoms. The molecular formula is C20H19N3O4. The first-order valence-electron chi connectivity index (χ1n) is 8.82. The zero-order valence-corrected chi connectivity index (χ0v) is 14.9. The Balaban J connectivity index is 1.64. The summed E-state index contributed by atoms with van der Waals surface area (Å²) in [6.45, 7) is 3.87. The summed E-state index contributed by atoms with van der Waals surface area (Å²) in [5.74, 6) is 1.17. The van der Waals surface area contributed by atoms with Gasteiger partial charge >= 0.3 is 0 Å². The number of aromatic amines is 1. The number of rotatable bonds is 4. The minimum atomic E-state index is -0.308. The van der Waals surface area contributed by atoms with E-state index in [0.29, 0.717) is 48.6 Å². The average molecular weight is 365 g/mol. The molecule has 1 N–H and O–H groups in total. The monoisotopic (exact) mass is 365 g/mol. The van der Waals surface area contributed by atoms with Crippen LogP contribution >= 0.6 is 0 Å². The van der Waals surface area contributed by atoms with Gasteiger partial charge in [0.25, 0.3) is 11.5 Å². The molecule has 0 saturated heterocycles. The van der Waals surface area contributed by atoms with Crippen LogP contribution in [0.1, 0.15) is 23.0 Å². The first-order valence-corrected chi connectivity index (χ1v) is 8.82. The van der Waals surface area contributed by atoms with Gasteiger partial charge in [-0.05, 0) is 30.7 Å². The van der Waals surface area contributed by atoms with Gasteiger partial charge in [0, 0.05) is 18.5 Å². The fraction of sp³-hybridized carbons (Fsp3) is 0.250. The predicted molar refractivity (Wildman–Crippen MR) is 100 cm³/mol. The summed E-state index contributed by atoms with van der Waals surface area (Å²) in [7, 11) is 0. The van der Waals surface area contributed by atoms with Crippen molar-refractivity contribution in [2.45, 2.75) is 13.5 Å². The maximum absolute atomic E-state index is 13.1. The number of amides is 1. The molecule has 0 bridgehead atoms. The van der Waals surface area contributed by atoms with Crippen LogP contribution in [-0.2, 0) is 6.54 Å². The minimum absolute atomic E-state index is 0.236. The molecule has 0 spiro atoms. The van der Waals surface area contributed by atoms with E-state index in [1.165, 1.54) is 0 Å². The van der Waals surface area contributed by atoms with E-state index >= 15 is 0 Å². The zero-order valence-electron chi connectivity index (χ0n) is 14.9. The summed E-state index contributed by atoms with van der Waals surface area (Å²) in [5, 5.41) is 7.43. The number of carbonyl (C=O) groups is 1. The van der Waals surface area contributed by atoms with Gasteiger partial charge in [-0.2, -0.15) is 5.10 Å². The van der Waals surface area contributed by atoms with Crippen molar-refractivity contribution in [2.24, 2.45) is 0 Å². The number of nitrogens with one attached hydrogen (secondary N) is 1. The number of aromatic nitrogens is 2. The lowest BCUT2D eigenvalue weighted by molar-refractivity contribution is 0.0747. The van der Waals surface area contributed by atoms with Gasteiger partial charge in [0.05, 0.1) is 5.39 Å². The Hall–Kier alpha value is -3.35. The molecule has 2 heterocycles. The lowest BCUT2D eigenvalue weighted by atomic mass is 10.1. The van der Waals surface area contributed by atoms with E-state index < -0.39 is 0 Å². The Bertz CT molecular complexity index is 1060. The van der Waals surface area contributed by atoms with E-state index in [4.69, 9.17) is 9.47 Å². The molecule has 0 saturated carbocycles. The molecule has 0 unspecified atom stereocenters. The molecular weight excluding hydrogens is 346 g/mol. The maximum Gasteiger partial charge on any atom is 0.275 e. The summed E-state index contributed by atoms with van der Waals surface area (Å²) in [6.07, 6.45) is 0. The fourth-order valence-electron chi connectivity index (χ4n) is 3.16. The highest BCUT2D eigenvalue weighted by Crippen LogP contribution is 2.31. The predicted octanol–water partition coefficient (Wildman–Crippen LogP) is 2.36. The number of hydrogen-bond acceptors (Lipinski definition) is 5. The van der Waals surface area contributed by atoms with Gasteiger partial charge in [-0.25, -0.2) is 5.10 Å². The number of benzene rings is 2. The second-order valence-electron chi connectivity index (χ2n) is 6.24. The van der Waals surface area contributed by atoms with Crippen molar-refractivity contribution in [3.8, 4) is 11.5 Å². The highest BCUT2D eigenvalue weighted by Gasteiger charge is 2.21. The SMILES string of the molecule is CCN(Cc1ccc2c(c1)OCCO2)C(=O)c1n[nH]c(=O)c2ccccc12. The number of fused-ring (bicyclic) bond motifs is 2. The van der Waals surface area contributed by atoms with Crippen molar-refractivity contribution >= 4 is 16.7 Å².